The second-order valence-corrected chi connectivity index (χ2v) is 4.58. The first-order valence-corrected chi connectivity index (χ1v) is 5.92. The number of likely N-dealkylation sites (tertiary alicyclic amines) is 1. The standard InChI is InChI=1S/C12H16F3N3/c13-12(14,15)10-3-5-18(7-10)8-11-9(6-16)2-1-4-17-11/h1-2,4,10H,3,5-8,16H2. The molecule has 0 bridgehead atoms. The topological polar surface area (TPSA) is 42.1 Å². The SMILES string of the molecule is NCc1cccnc1CN1CCC(C(F)(F)F)C1. The van der Waals surface area contributed by atoms with Crippen LogP contribution in [0.2, 0.25) is 0 Å². The molecule has 1 unspecified atom stereocenters. The molecule has 1 aliphatic rings. The molecule has 1 aromatic heterocycles. The summed E-state index contributed by atoms with van der Waals surface area (Å²) >= 11 is 0. The van der Waals surface area contributed by atoms with Crippen LogP contribution < -0.4 is 5.73 Å². The van der Waals surface area contributed by atoms with E-state index >= 15 is 0 Å². The van der Waals surface area contributed by atoms with Crippen molar-refractivity contribution < 1.29 is 13.2 Å². The number of halogens is 3. The predicted octanol–water partition coefficient (Wildman–Crippen LogP) is 1.92. The number of alkyl halides is 3. The van der Waals surface area contributed by atoms with Crippen molar-refractivity contribution in [2.24, 2.45) is 11.7 Å². The van der Waals surface area contributed by atoms with Crippen LogP contribution in [0.1, 0.15) is 17.7 Å². The first-order valence-electron chi connectivity index (χ1n) is 5.92. The third-order valence-electron chi connectivity index (χ3n) is 3.31. The van der Waals surface area contributed by atoms with Crippen molar-refractivity contribution in [1.82, 2.24) is 9.88 Å². The molecule has 1 saturated heterocycles. The van der Waals surface area contributed by atoms with E-state index in [1.54, 1.807) is 17.2 Å². The molecule has 2 rings (SSSR count). The molecule has 2 heterocycles. The normalized spacial score (nSPS) is 21.4. The Bertz CT molecular complexity index is 406. The highest BCUT2D eigenvalue weighted by Gasteiger charge is 2.43. The van der Waals surface area contributed by atoms with Gasteiger partial charge in [0.1, 0.15) is 0 Å². The van der Waals surface area contributed by atoms with Gasteiger partial charge >= 0.3 is 6.18 Å². The average Bonchev–Trinajstić information content (AvgIpc) is 2.78. The summed E-state index contributed by atoms with van der Waals surface area (Å²) < 4.78 is 37.7. The lowest BCUT2D eigenvalue weighted by Gasteiger charge is -2.18. The number of nitrogens with zero attached hydrogens (tertiary/aromatic N) is 2. The molecule has 1 aromatic rings. The zero-order valence-corrected chi connectivity index (χ0v) is 9.95. The predicted molar refractivity (Wildman–Crippen MR) is 61.6 cm³/mol. The number of nitrogens with two attached hydrogens (primary N) is 1. The van der Waals surface area contributed by atoms with Gasteiger partial charge < -0.3 is 5.73 Å². The Balaban J connectivity index is 1.99. The number of aromatic nitrogens is 1. The summed E-state index contributed by atoms with van der Waals surface area (Å²) in [5.41, 5.74) is 7.26. The van der Waals surface area contributed by atoms with E-state index in [4.69, 9.17) is 5.73 Å². The van der Waals surface area contributed by atoms with Crippen molar-refractivity contribution in [2.75, 3.05) is 13.1 Å². The molecule has 18 heavy (non-hydrogen) atoms. The van der Waals surface area contributed by atoms with Crippen LogP contribution >= 0.6 is 0 Å². The summed E-state index contributed by atoms with van der Waals surface area (Å²) in [5, 5.41) is 0. The fourth-order valence-corrected chi connectivity index (χ4v) is 2.25. The molecule has 0 aliphatic carbocycles. The zero-order valence-electron chi connectivity index (χ0n) is 9.95. The van der Waals surface area contributed by atoms with Crippen LogP contribution in [0.4, 0.5) is 13.2 Å². The first-order chi connectivity index (χ1) is 8.50. The second-order valence-electron chi connectivity index (χ2n) is 4.58. The average molecular weight is 259 g/mol. The minimum atomic E-state index is -4.09. The molecule has 1 aliphatic heterocycles. The van der Waals surface area contributed by atoms with Crippen LogP contribution in [0, 0.1) is 5.92 Å². The lowest BCUT2D eigenvalue weighted by atomic mass is 10.1. The summed E-state index contributed by atoms with van der Waals surface area (Å²) in [4.78, 5) is 5.99. The van der Waals surface area contributed by atoms with Crippen LogP contribution in [0.25, 0.3) is 0 Å². The number of hydrogen-bond acceptors (Lipinski definition) is 3. The van der Waals surface area contributed by atoms with Gasteiger partial charge in [0.05, 0.1) is 11.6 Å². The highest BCUT2D eigenvalue weighted by atomic mass is 19.4. The largest absolute Gasteiger partial charge is 0.393 e. The van der Waals surface area contributed by atoms with Crippen LogP contribution in [0.15, 0.2) is 18.3 Å². The Morgan fingerprint density at radius 1 is 1.44 bits per heavy atom. The Morgan fingerprint density at radius 2 is 2.22 bits per heavy atom. The number of rotatable bonds is 3. The van der Waals surface area contributed by atoms with Gasteiger partial charge in [-0.05, 0) is 24.6 Å². The van der Waals surface area contributed by atoms with Gasteiger partial charge in [0.15, 0.2) is 0 Å². The summed E-state index contributed by atoms with van der Waals surface area (Å²) in [7, 11) is 0. The van der Waals surface area contributed by atoms with Gasteiger partial charge in [0.25, 0.3) is 0 Å². The van der Waals surface area contributed by atoms with E-state index in [1.807, 2.05) is 6.07 Å². The van der Waals surface area contributed by atoms with Gasteiger partial charge in [0, 0.05) is 25.8 Å². The lowest BCUT2D eigenvalue weighted by molar-refractivity contribution is -0.170. The van der Waals surface area contributed by atoms with Crippen molar-refractivity contribution in [1.29, 1.82) is 0 Å². The van der Waals surface area contributed by atoms with E-state index in [9.17, 15) is 13.2 Å². The summed E-state index contributed by atoms with van der Waals surface area (Å²) in [5.74, 6) is -1.21. The van der Waals surface area contributed by atoms with Crippen molar-refractivity contribution >= 4 is 0 Å². The maximum atomic E-state index is 12.6. The molecule has 0 radical (unpaired) electrons. The Kier molecular flexibility index (Phi) is 3.87. The monoisotopic (exact) mass is 259 g/mol. The van der Waals surface area contributed by atoms with Gasteiger partial charge in [-0.25, -0.2) is 0 Å². The Hall–Kier alpha value is -1.14. The van der Waals surface area contributed by atoms with Crippen molar-refractivity contribution in [3.63, 3.8) is 0 Å². The Labute approximate surface area is 104 Å². The zero-order chi connectivity index (χ0) is 13.2. The molecule has 2 N–H and O–H groups in total. The highest BCUT2D eigenvalue weighted by molar-refractivity contribution is 5.19. The van der Waals surface area contributed by atoms with E-state index in [-0.39, 0.29) is 13.0 Å². The highest BCUT2D eigenvalue weighted by Crippen LogP contribution is 2.33. The molecule has 100 valence electrons. The van der Waals surface area contributed by atoms with Crippen molar-refractivity contribution in [3.05, 3.63) is 29.6 Å². The molecule has 1 fully saturated rings. The van der Waals surface area contributed by atoms with Gasteiger partial charge in [-0.1, -0.05) is 6.07 Å². The molecular weight excluding hydrogens is 243 g/mol. The van der Waals surface area contributed by atoms with E-state index in [1.165, 1.54) is 0 Å². The fourth-order valence-electron chi connectivity index (χ4n) is 2.25. The Morgan fingerprint density at radius 3 is 2.83 bits per heavy atom. The maximum Gasteiger partial charge on any atom is 0.393 e. The van der Waals surface area contributed by atoms with E-state index < -0.39 is 12.1 Å². The molecule has 3 nitrogen and oxygen atoms in total. The summed E-state index contributed by atoms with van der Waals surface area (Å²) in [6, 6.07) is 3.65. The van der Waals surface area contributed by atoms with Gasteiger partial charge in [0.2, 0.25) is 0 Å². The second kappa shape index (κ2) is 5.24. The fraction of sp³-hybridized carbons (Fsp3) is 0.583. The summed E-state index contributed by atoms with van der Waals surface area (Å²) in [6.07, 6.45) is -2.27. The van der Waals surface area contributed by atoms with Crippen LogP contribution in [-0.4, -0.2) is 29.1 Å². The molecular formula is C12H16F3N3. The van der Waals surface area contributed by atoms with Crippen LogP contribution in [-0.2, 0) is 13.1 Å². The van der Waals surface area contributed by atoms with Crippen LogP contribution in [0.5, 0.6) is 0 Å². The molecule has 0 spiro atoms. The molecule has 0 saturated carbocycles. The molecule has 0 amide bonds. The minimum absolute atomic E-state index is 0.0596. The van der Waals surface area contributed by atoms with Gasteiger partial charge in [-0.3, -0.25) is 9.88 Å². The van der Waals surface area contributed by atoms with E-state index in [0.717, 1.165) is 11.3 Å². The van der Waals surface area contributed by atoms with Crippen LogP contribution in [0.3, 0.4) is 0 Å². The number of hydrogen-bond donors (Lipinski definition) is 1. The first kappa shape index (κ1) is 13.3. The van der Waals surface area contributed by atoms with Gasteiger partial charge in [-0.2, -0.15) is 13.2 Å². The van der Waals surface area contributed by atoms with Gasteiger partial charge in [-0.15, -0.1) is 0 Å². The van der Waals surface area contributed by atoms with E-state index in [0.29, 0.717) is 19.6 Å². The minimum Gasteiger partial charge on any atom is -0.326 e. The summed E-state index contributed by atoms with van der Waals surface area (Å²) in [6.45, 7) is 1.33. The molecule has 0 aromatic carbocycles. The van der Waals surface area contributed by atoms with Crippen molar-refractivity contribution in [3.8, 4) is 0 Å². The van der Waals surface area contributed by atoms with E-state index in [2.05, 4.69) is 4.98 Å². The van der Waals surface area contributed by atoms with Crippen molar-refractivity contribution in [2.45, 2.75) is 25.7 Å². The molecule has 6 heteroatoms. The smallest absolute Gasteiger partial charge is 0.326 e. The maximum absolute atomic E-state index is 12.6. The molecule has 1 atom stereocenters. The third-order valence-corrected chi connectivity index (χ3v) is 3.31. The third kappa shape index (κ3) is 3.00. The number of pyridine rings is 1. The quantitative estimate of drug-likeness (QED) is 0.901. The lowest BCUT2D eigenvalue weighted by Crippen LogP contribution is -2.28.